The summed E-state index contributed by atoms with van der Waals surface area (Å²) < 4.78 is 10.8. The number of hydrogen-bond donors (Lipinski definition) is 0. The summed E-state index contributed by atoms with van der Waals surface area (Å²) in [6.07, 6.45) is -1.55. The van der Waals surface area contributed by atoms with E-state index >= 15 is 0 Å². The summed E-state index contributed by atoms with van der Waals surface area (Å²) in [5, 5.41) is 9.20. The summed E-state index contributed by atoms with van der Waals surface area (Å²) >= 11 is 0. The highest BCUT2D eigenvalue weighted by Gasteiger charge is 2.17. The van der Waals surface area contributed by atoms with Gasteiger partial charge in [-0.1, -0.05) is 30.3 Å². The molecular weight excluding hydrogens is 280 g/mol. The molecule has 0 aliphatic carbocycles. The molecule has 0 aromatic heterocycles. The van der Waals surface area contributed by atoms with Gasteiger partial charge >= 0.3 is 6.09 Å². The molecule has 112 valence electrons. The zero-order valence-electron chi connectivity index (χ0n) is 12.4. The van der Waals surface area contributed by atoms with Gasteiger partial charge in [-0.3, -0.25) is 0 Å². The minimum atomic E-state index is -0.978. The Labute approximate surface area is 129 Å². The van der Waals surface area contributed by atoms with Crippen LogP contribution in [0.1, 0.15) is 11.7 Å². The third-order valence-electron chi connectivity index (χ3n) is 2.84. The predicted molar refractivity (Wildman–Crippen MR) is 81.5 cm³/mol. The van der Waals surface area contributed by atoms with Gasteiger partial charge in [-0.15, -0.1) is 0 Å². The first-order chi connectivity index (χ1) is 10.6. The van der Waals surface area contributed by atoms with Gasteiger partial charge in [-0.2, -0.15) is 5.26 Å². The molecule has 0 N–H and O–H groups in total. The zero-order chi connectivity index (χ0) is 15.9. The van der Waals surface area contributed by atoms with E-state index in [1.165, 1.54) is 4.90 Å². The topological polar surface area (TPSA) is 62.6 Å². The van der Waals surface area contributed by atoms with Crippen LogP contribution in [0.5, 0.6) is 11.5 Å². The van der Waals surface area contributed by atoms with Gasteiger partial charge in [0.1, 0.15) is 17.6 Å². The molecule has 0 aliphatic rings. The number of carbonyl (C=O) groups excluding carboxylic acids is 1. The van der Waals surface area contributed by atoms with Crippen molar-refractivity contribution in [1.82, 2.24) is 4.90 Å². The number of nitrogens with zero attached hydrogens (tertiary/aromatic N) is 2. The molecule has 0 saturated heterocycles. The van der Waals surface area contributed by atoms with Gasteiger partial charge in [-0.05, 0) is 24.3 Å². The lowest BCUT2D eigenvalue weighted by Crippen LogP contribution is -2.24. The average Bonchev–Trinajstić information content (AvgIpc) is 2.53. The Hall–Kier alpha value is -3.00. The van der Waals surface area contributed by atoms with E-state index in [2.05, 4.69) is 0 Å². The number of benzene rings is 2. The molecule has 1 atom stereocenters. The number of amides is 1. The van der Waals surface area contributed by atoms with Crippen LogP contribution in [-0.2, 0) is 4.74 Å². The molecule has 0 fully saturated rings. The molecule has 0 aliphatic heterocycles. The van der Waals surface area contributed by atoms with Gasteiger partial charge < -0.3 is 14.4 Å². The second-order valence-corrected chi connectivity index (χ2v) is 4.77. The number of ether oxygens (including phenoxy) is 2. The van der Waals surface area contributed by atoms with E-state index in [1.807, 2.05) is 36.4 Å². The van der Waals surface area contributed by atoms with E-state index in [9.17, 15) is 10.1 Å². The second-order valence-electron chi connectivity index (χ2n) is 4.77. The van der Waals surface area contributed by atoms with Crippen LogP contribution in [0.4, 0.5) is 4.79 Å². The monoisotopic (exact) mass is 296 g/mol. The minimum Gasteiger partial charge on any atom is -0.457 e. The van der Waals surface area contributed by atoms with E-state index in [-0.39, 0.29) is 0 Å². The fourth-order valence-electron chi connectivity index (χ4n) is 1.74. The Kier molecular flexibility index (Phi) is 4.99. The highest BCUT2D eigenvalue weighted by atomic mass is 16.6. The largest absolute Gasteiger partial charge is 0.457 e. The molecule has 0 spiro atoms. The van der Waals surface area contributed by atoms with Crippen molar-refractivity contribution in [2.75, 3.05) is 14.1 Å². The SMILES string of the molecule is CN(C)C(=O)OC(C#N)c1cccc(Oc2ccccc2)c1. The van der Waals surface area contributed by atoms with Crippen molar-refractivity contribution in [3.8, 4) is 17.6 Å². The van der Waals surface area contributed by atoms with Crippen molar-refractivity contribution in [2.24, 2.45) is 0 Å². The van der Waals surface area contributed by atoms with Gasteiger partial charge in [0.15, 0.2) is 0 Å². The summed E-state index contributed by atoms with van der Waals surface area (Å²) in [5.74, 6) is 1.27. The van der Waals surface area contributed by atoms with Crippen molar-refractivity contribution in [1.29, 1.82) is 5.26 Å². The molecule has 2 aromatic carbocycles. The summed E-state index contributed by atoms with van der Waals surface area (Å²) in [4.78, 5) is 12.9. The molecule has 0 saturated carbocycles. The number of rotatable bonds is 4. The van der Waals surface area contributed by atoms with E-state index in [0.29, 0.717) is 17.1 Å². The molecule has 5 nitrogen and oxygen atoms in total. The molecule has 1 amide bonds. The Bertz CT molecular complexity index is 678. The first-order valence-electron chi connectivity index (χ1n) is 6.70. The lowest BCUT2D eigenvalue weighted by atomic mass is 10.1. The average molecular weight is 296 g/mol. The standard InChI is InChI=1S/C17H16N2O3/c1-19(2)17(20)22-16(12-18)13-7-6-10-15(11-13)21-14-8-4-3-5-9-14/h3-11,16H,1-2H3. The van der Waals surface area contributed by atoms with Crippen LogP contribution in [0, 0.1) is 11.3 Å². The van der Waals surface area contributed by atoms with Crippen molar-refractivity contribution in [2.45, 2.75) is 6.10 Å². The van der Waals surface area contributed by atoms with Gasteiger partial charge in [-0.25, -0.2) is 4.79 Å². The number of carbonyl (C=O) groups is 1. The predicted octanol–water partition coefficient (Wildman–Crippen LogP) is 3.74. The van der Waals surface area contributed by atoms with Crippen LogP contribution in [0.15, 0.2) is 54.6 Å². The molecule has 0 bridgehead atoms. The van der Waals surface area contributed by atoms with Crippen molar-refractivity contribution >= 4 is 6.09 Å². The van der Waals surface area contributed by atoms with E-state index in [0.717, 1.165) is 0 Å². The first-order valence-corrected chi connectivity index (χ1v) is 6.70. The number of nitriles is 1. The Balaban J connectivity index is 2.16. The second kappa shape index (κ2) is 7.14. The van der Waals surface area contributed by atoms with Gasteiger partial charge in [0.25, 0.3) is 0 Å². The van der Waals surface area contributed by atoms with Crippen LogP contribution >= 0.6 is 0 Å². The van der Waals surface area contributed by atoms with Crippen molar-refractivity contribution < 1.29 is 14.3 Å². The molecule has 5 heteroatoms. The van der Waals surface area contributed by atoms with E-state index in [4.69, 9.17) is 9.47 Å². The van der Waals surface area contributed by atoms with Crippen LogP contribution in [0.3, 0.4) is 0 Å². The molecular formula is C17H16N2O3. The summed E-state index contributed by atoms with van der Waals surface area (Å²) in [6.45, 7) is 0. The molecule has 2 aromatic rings. The summed E-state index contributed by atoms with van der Waals surface area (Å²) in [7, 11) is 3.12. The highest BCUT2D eigenvalue weighted by Crippen LogP contribution is 2.26. The maximum Gasteiger partial charge on any atom is 0.410 e. The Morgan fingerprint density at radius 3 is 2.41 bits per heavy atom. The van der Waals surface area contributed by atoms with Crippen LogP contribution in [0.2, 0.25) is 0 Å². The van der Waals surface area contributed by atoms with E-state index < -0.39 is 12.2 Å². The Morgan fingerprint density at radius 1 is 1.09 bits per heavy atom. The zero-order valence-corrected chi connectivity index (χ0v) is 12.4. The minimum absolute atomic E-state index is 0.561. The van der Waals surface area contributed by atoms with Gasteiger partial charge in [0.05, 0.1) is 0 Å². The molecule has 2 rings (SSSR count). The molecule has 0 heterocycles. The fourth-order valence-corrected chi connectivity index (χ4v) is 1.74. The molecule has 0 radical (unpaired) electrons. The van der Waals surface area contributed by atoms with Gasteiger partial charge in [0.2, 0.25) is 6.10 Å². The van der Waals surface area contributed by atoms with Crippen LogP contribution in [-0.4, -0.2) is 25.1 Å². The number of hydrogen-bond acceptors (Lipinski definition) is 4. The lowest BCUT2D eigenvalue weighted by molar-refractivity contribution is 0.0965. The summed E-state index contributed by atoms with van der Waals surface area (Å²) in [5.41, 5.74) is 0.561. The molecule has 22 heavy (non-hydrogen) atoms. The first kappa shape index (κ1) is 15.4. The summed E-state index contributed by atoms with van der Waals surface area (Å²) in [6, 6.07) is 18.2. The van der Waals surface area contributed by atoms with Crippen LogP contribution < -0.4 is 4.74 Å². The normalized spacial score (nSPS) is 11.1. The smallest absolute Gasteiger partial charge is 0.410 e. The Morgan fingerprint density at radius 2 is 1.77 bits per heavy atom. The van der Waals surface area contributed by atoms with Crippen LogP contribution in [0.25, 0.3) is 0 Å². The van der Waals surface area contributed by atoms with Crippen molar-refractivity contribution in [3.05, 3.63) is 60.2 Å². The maximum atomic E-state index is 11.6. The quantitative estimate of drug-likeness (QED) is 0.862. The van der Waals surface area contributed by atoms with Gasteiger partial charge in [0, 0.05) is 19.7 Å². The lowest BCUT2D eigenvalue weighted by Gasteiger charge is -2.16. The van der Waals surface area contributed by atoms with E-state index in [1.54, 1.807) is 38.4 Å². The highest BCUT2D eigenvalue weighted by molar-refractivity contribution is 5.67. The number of para-hydroxylation sites is 1. The third-order valence-corrected chi connectivity index (χ3v) is 2.84. The fraction of sp³-hybridized carbons (Fsp3) is 0.176. The third kappa shape index (κ3) is 4.00. The maximum absolute atomic E-state index is 11.6. The molecule has 1 unspecified atom stereocenters. The van der Waals surface area contributed by atoms with Crippen molar-refractivity contribution in [3.63, 3.8) is 0 Å².